The van der Waals surface area contributed by atoms with E-state index < -0.39 is 0 Å². The van der Waals surface area contributed by atoms with E-state index in [-0.39, 0.29) is 0 Å². The molecule has 0 unspecified atom stereocenters. The summed E-state index contributed by atoms with van der Waals surface area (Å²) in [7, 11) is 0. The molecule has 0 saturated carbocycles. The monoisotopic (exact) mass is 479 g/mol. The van der Waals surface area contributed by atoms with Crippen molar-refractivity contribution >= 4 is 44.9 Å². The van der Waals surface area contributed by atoms with Crippen molar-refractivity contribution in [2.24, 2.45) is 0 Å². The third kappa shape index (κ3) is 5.08. The second kappa shape index (κ2) is 11.0. The van der Waals surface area contributed by atoms with Crippen molar-refractivity contribution in [1.82, 2.24) is 9.55 Å². The van der Waals surface area contributed by atoms with Crippen molar-refractivity contribution < 1.29 is 0 Å². The second-order valence-electron chi connectivity index (χ2n) is 8.99. The lowest BCUT2D eigenvalue weighted by atomic mass is 10.1. The molecule has 1 N–H and O–H groups in total. The lowest BCUT2D eigenvalue weighted by Crippen LogP contribution is -2.00. The van der Waals surface area contributed by atoms with Gasteiger partial charge in [0, 0.05) is 28.1 Å². The van der Waals surface area contributed by atoms with Crippen LogP contribution in [0.5, 0.6) is 0 Å². The summed E-state index contributed by atoms with van der Waals surface area (Å²) in [5.74, 6) is 2.22. The number of nitrogens with one attached hydrogen (secondary N) is 1. The average molecular weight is 480 g/mol. The van der Waals surface area contributed by atoms with E-state index in [2.05, 4.69) is 109 Å². The Balaban J connectivity index is 1.54. The minimum absolute atomic E-state index is 0.965. The van der Waals surface area contributed by atoms with Gasteiger partial charge in [0.2, 0.25) is 0 Å². The zero-order chi connectivity index (χ0) is 24.0. The molecule has 0 spiro atoms. The van der Waals surface area contributed by atoms with Gasteiger partial charge in [-0.2, -0.15) is 0 Å². The van der Waals surface area contributed by atoms with Crippen molar-refractivity contribution in [2.45, 2.75) is 51.0 Å². The highest BCUT2D eigenvalue weighted by atomic mass is 32.2. The van der Waals surface area contributed by atoms with Gasteiger partial charge in [0.1, 0.15) is 11.3 Å². The van der Waals surface area contributed by atoms with Gasteiger partial charge in [-0.3, -0.25) is 0 Å². The molecule has 0 amide bonds. The molecule has 0 atom stereocenters. The molecule has 0 radical (unpaired) electrons. The van der Waals surface area contributed by atoms with E-state index in [0.29, 0.717) is 0 Å². The Morgan fingerprint density at radius 2 is 1.51 bits per heavy atom. The van der Waals surface area contributed by atoms with Crippen LogP contribution in [0.15, 0.2) is 89.8 Å². The number of unbranched alkanes of at least 4 members (excludes halogenated alkanes) is 2. The molecule has 5 aromatic rings. The summed E-state index contributed by atoms with van der Waals surface area (Å²) < 4.78 is 2.40. The Morgan fingerprint density at radius 1 is 0.771 bits per heavy atom. The molecule has 0 bridgehead atoms. The molecule has 35 heavy (non-hydrogen) atoms. The molecule has 0 aliphatic carbocycles. The molecule has 178 valence electrons. The Kier molecular flexibility index (Phi) is 7.39. The number of aryl methyl sites for hydroxylation is 1. The fraction of sp³-hybridized carbons (Fsp3) is 0.258. The minimum Gasteiger partial charge on any atom is -0.353 e. The molecule has 4 heteroatoms. The van der Waals surface area contributed by atoms with E-state index in [0.717, 1.165) is 42.1 Å². The van der Waals surface area contributed by atoms with Crippen molar-refractivity contribution in [3.8, 4) is 11.4 Å². The van der Waals surface area contributed by atoms with Gasteiger partial charge in [-0.25, -0.2) is 4.98 Å². The number of anilines is 2. The summed E-state index contributed by atoms with van der Waals surface area (Å²) in [6.07, 6.45) is 4.78. The largest absolute Gasteiger partial charge is 0.353 e. The van der Waals surface area contributed by atoms with Crippen LogP contribution >= 0.6 is 11.8 Å². The molecular weight excluding hydrogens is 446 g/mol. The fourth-order valence-corrected chi connectivity index (χ4v) is 5.52. The van der Waals surface area contributed by atoms with Crippen LogP contribution in [-0.4, -0.2) is 15.3 Å². The predicted octanol–water partition coefficient (Wildman–Crippen LogP) is 9.29. The van der Waals surface area contributed by atoms with Crippen LogP contribution in [0.25, 0.3) is 33.2 Å². The van der Waals surface area contributed by atoms with Crippen molar-refractivity contribution in [1.29, 1.82) is 0 Å². The Bertz CT molecular complexity index is 1410. The highest BCUT2D eigenvalue weighted by molar-refractivity contribution is 7.99. The number of aromatic nitrogens is 2. The summed E-state index contributed by atoms with van der Waals surface area (Å²) in [5.41, 5.74) is 5.53. The molecule has 0 saturated heterocycles. The van der Waals surface area contributed by atoms with Crippen LogP contribution < -0.4 is 5.32 Å². The van der Waals surface area contributed by atoms with Gasteiger partial charge < -0.3 is 9.88 Å². The fourth-order valence-electron chi connectivity index (χ4n) is 4.52. The molecule has 3 nitrogen and oxygen atoms in total. The first-order valence-corrected chi connectivity index (χ1v) is 13.7. The van der Waals surface area contributed by atoms with Crippen LogP contribution in [-0.2, 0) is 6.54 Å². The summed E-state index contributed by atoms with van der Waals surface area (Å²) in [6.45, 7) is 5.45. The quantitative estimate of drug-likeness (QED) is 0.160. The predicted molar refractivity (Wildman–Crippen MR) is 153 cm³/mol. The van der Waals surface area contributed by atoms with Crippen molar-refractivity contribution in [3.63, 3.8) is 0 Å². The summed E-state index contributed by atoms with van der Waals surface area (Å²) in [6, 6.07) is 30.3. The Labute approximate surface area is 212 Å². The number of para-hydroxylation sites is 1. The van der Waals surface area contributed by atoms with Gasteiger partial charge in [-0.1, -0.05) is 81.3 Å². The first-order valence-electron chi connectivity index (χ1n) is 12.8. The molecule has 0 aliphatic rings. The molecule has 0 fully saturated rings. The number of fused-ring (bicyclic) bond motifs is 2. The second-order valence-corrected chi connectivity index (χ2v) is 10.2. The summed E-state index contributed by atoms with van der Waals surface area (Å²) in [5, 5.41) is 6.15. The van der Waals surface area contributed by atoms with Gasteiger partial charge in [0.05, 0.1) is 11.2 Å². The van der Waals surface area contributed by atoms with Crippen molar-refractivity contribution in [3.05, 3.63) is 84.9 Å². The zero-order valence-electron chi connectivity index (χ0n) is 20.6. The van der Waals surface area contributed by atoms with Crippen LogP contribution in [0, 0.1) is 0 Å². The maximum Gasteiger partial charge on any atom is 0.141 e. The first kappa shape index (κ1) is 23.5. The normalized spacial score (nSPS) is 11.4. The van der Waals surface area contributed by atoms with Crippen LogP contribution in [0.3, 0.4) is 0 Å². The van der Waals surface area contributed by atoms with E-state index in [1.54, 1.807) is 0 Å². The van der Waals surface area contributed by atoms with Crippen LogP contribution in [0.1, 0.15) is 39.5 Å². The molecular formula is C31H33N3S. The first-order chi connectivity index (χ1) is 17.3. The average Bonchev–Trinajstić information content (AvgIpc) is 3.28. The van der Waals surface area contributed by atoms with E-state index in [1.165, 1.54) is 45.3 Å². The number of nitrogens with zero attached hydrogens (tertiary/aromatic N) is 2. The van der Waals surface area contributed by atoms with Gasteiger partial charge in [0.25, 0.3) is 0 Å². The van der Waals surface area contributed by atoms with Crippen molar-refractivity contribution in [2.75, 3.05) is 11.1 Å². The number of benzene rings is 4. The maximum atomic E-state index is 5.21. The lowest BCUT2D eigenvalue weighted by Gasteiger charge is -2.11. The smallest absolute Gasteiger partial charge is 0.141 e. The van der Waals surface area contributed by atoms with Gasteiger partial charge in [0.15, 0.2) is 0 Å². The number of imidazole rings is 1. The maximum absolute atomic E-state index is 5.21. The number of hydrogen-bond acceptors (Lipinski definition) is 3. The number of hydrogen-bond donors (Lipinski definition) is 1. The molecule has 1 aromatic heterocycles. The number of rotatable bonds is 10. The van der Waals surface area contributed by atoms with E-state index >= 15 is 0 Å². The van der Waals surface area contributed by atoms with E-state index in [1.807, 2.05) is 11.8 Å². The zero-order valence-corrected chi connectivity index (χ0v) is 21.4. The molecule has 5 rings (SSSR count). The van der Waals surface area contributed by atoms with Gasteiger partial charge >= 0.3 is 0 Å². The molecule has 1 heterocycles. The topological polar surface area (TPSA) is 29.9 Å². The highest BCUT2D eigenvalue weighted by Crippen LogP contribution is 2.34. The van der Waals surface area contributed by atoms with Crippen LogP contribution in [0.2, 0.25) is 0 Å². The third-order valence-electron chi connectivity index (χ3n) is 6.45. The third-order valence-corrected chi connectivity index (χ3v) is 7.55. The lowest BCUT2D eigenvalue weighted by molar-refractivity contribution is 0.651. The number of thioether (sulfide) groups is 1. The standard InChI is InChI=1S/C31H33N3S/c1-3-5-21-34-29-16-10-15-28(32-27-14-9-12-23-11-7-8-13-26(23)27)30(29)33-31(34)24-17-19-25(20-18-24)35-22-6-4-2/h7-20,32H,3-6,21-22H2,1-2H3. The van der Waals surface area contributed by atoms with Gasteiger partial charge in [-0.05, 0) is 54.3 Å². The highest BCUT2D eigenvalue weighted by Gasteiger charge is 2.16. The summed E-state index contributed by atoms with van der Waals surface area (Å²) in [4.78, 5) is 6.54. The van der Waals surface area contributed by atoms with E-state index in [4.69, 9.17) is 4.98 Å². The van der Waals surface area contributed by atoms with E-state index in [9.17, 15) is 0 Å². The van der Waals surface area contributed by atoms with Crippen LogP contribution in [0.4, 0.5) is 11.4 Å². The Morgan fingerprint density at radius 3 is 2.34 bits per heavy atom. The molecule has 4 aromatic carbocycles. The molecule has 0 aliphatic heterocycles. The Hall–Kier alpha value is -3.24. The SMILES string of the molecule is CCCCSc1ccc(-c2nc3c(Nc4cccc5ccccc45)cccc3n2CCCC)cc1. The summed E-state index contributed by atoms with van der Waals surface area (Å²) >= 11 is 1.94. The van der Waals surface area contributed by atoms with Gasteiger partial charge in [-0.15, -0.1) is 11.8 Å². The minimum atomic E-state index is 0.965.